The maximum atomic E-state index is 13.7. The molecule has 0 saturated carbocycles. The van der Waals surface area contributed by atoms with Crippen molar-refractivity contribution < 1.29 is 103 Å². The van der Waals surface area contributed by atoms with Crippen LogP contribution in [0, 0.1) is 11.8 Å². The second kappa shape index (κ2) is 49.8. The standard InChI is InChI=1S/C49H54N5O9P.C19H34N5O5P.C16H24N3O4P.C15H26N3O5P/c1-64(2,3)27-24-41-43(55)44(56)45(62-41)54-26-23-42(50)53-47(54)51-25-13-12-22-40(52-48(58)60-28-38-34-18-8-4-14-30(34)31-15-5-9-19-35(31)38)46(57)63-49(59)61-29-39-36-20-10-6-16-32(36)33-17-7-11-21-37(33)39;1-30(2,3)11-8-13-15(25)16(26)17(29-13)24-10-7-14(21)23-19(24)22-9-5-4-6-12(20)18(27)28;1-5-6-10-9-19(16(22)18-14(10)17)15-13(21)12(20)11(23-15)7-8-24(2,3)4;1-24(2,3)7-5-10-11(20)12(21)14(23-10)18-8-9(4-6-19)13(16)17-15(18)22/h4-11,14-21,23,26,38-41,43-45,55-56H,1,12-13,22,24-25,27-29H2,2-3H3,(H,52,58)(H2,50,51,53);7,10,12-13,15-17,25-26H,1,4-6,8-9,11,20H2,2-3H3,(H,27,28)(H2,21,22,23);9,11-13,15,20-21H,2,7-8H2,1,3-4H3,(H2,17,18,22);8,10-12,14,19-21H,1,4-7H2,2-3H3,(H2,16,17,22)/t40?,41-,43-,44-,45?;12?,13-,15-,16-,17?;11-,12-,13-,15?;10-,11-,12-,14?/m1111/s1. The minimum Gasteiger partial charge on any atom is -0.480 e. The number of carboxylic acids is 1. The van der Waals surface area contributed by atoms with E-state index in [0.717, 1.165) is 78.3 Å². The predicted octanol–water partition coefficient (Wildman–Crippen LogP) is 5.32. The van der Waals surface area contributed by atoms with Gasteiger partial charge in [0.2, 0.25) is 11.2 Å². The summed E-state index contributed by atoms with van der Waals surface area (Å²) in [4.78, 5) is 100. The first kappa shape index (κ1) is 112. The number of nitrogen functional groups attached to an aromatic ring is 4. The predicted molar refractivity (Wildman–Crippen MR) is 555 cm³/mol. The number of nitrogens with zero attached hydrogens (tertiary/aromatic N) is 10. The first-order valence-electron chi connectivity index (χ1n) is 47.1. The van der Waals surface area contributed by atoms with Gasteiger partial charge in [0, 0.05) is 68.3 Å². The summed E-state index contributed by atoms with van der Waals surface area (Å²) in [5, 5.41) is 104. The summed E-state index contributed by atoms with van der Waals surface area (Å²) >= 11 is 0. The topological polar surface area (TPSA) is 607 Å². The zero-order chi connectivity index (χ0) is 104. The molecule has 142 heavy (non-hydrogen) atoms. The Hall–Kier alpha value is -10.5. The molecule has 43 heteroatoms. The molecular formula is C99H138N16O23P4. The number of carboxylic acid groups (broad SMARTS) is 1. The van der Waals surface area contributed by atoms with E-state index >= 15 is 0 Å². The van der Waals surface area contributed by atoms with Crippen molar-refractivity contribution in [2.24, 2.45) is 15.7 Å². The third-order valence-corrected chi connectivity index (χ3v) is 30.9. The summed E-state index contributed by atoms with van der Waals surface area (Å²) in [6.45, 7) is 13.6. The summed E-state index contributed by atoms with van der Waals surface area (Å²) in [5.41, 5.74) is 37.0. The lowest BCUT2D eigenvalue weighted by Gasteiger charge is -2.19. The number of amides is 1. The van der Waals surface area contributed by atoms with Gasteiger partial charge in [0.05, 0.1) is 30.0 Å². The van der Waals surface area contributed by atoms with E-state index in [1.807, 2.05) is 97.1 Å². The van der Waals surface area contributed by atoms with E-state index in [2.05, 4.69) is 126 Å². The minimum atomic E-state index is -1.39. The Balaban J connectivity index is 0.000000204. The van der Waals surface area contributed by atoms with Crippen LogP contribution in [0.15, 0.2) is 154 Å². The van der Waals surface area contributed by atoms with E-state index in [-0.39, 0.29) is 85.6 Å². The van der Waals surface area contributed by atoms with Gasteiger partial charge in [-0.2, -0.15) is 19.9 Å². The summed E-state index contributed by atoms with van der Waals surface area (Å²) in [6, 6.07) is 32.7. The molecule has 1 amide bonds. The molecule has 21 N–H and O–H groups in total. The van der Waals surface area contributed by atoms with Gasteiger partial charge in [0.1, 0.15) is 97.4 Å². The van der Waals surface area contributed by atoms with Gasteiger partial charge >= 0.3 is 35.6 Å². The van der Waals surface area contributed by atoms with Crippen LogP contribution in [0.5, 0.6) is 0 Å². The van der Waals surface area contributed by atoms with Gasteiger partial charge in [0.25, 0.3) is 0 Å². The minimum absolute atomic E-state index is 0.0203. The zero-order valence-electron chi connectivity index (χ0n) is 81.6. The quantitative estimate of drug-likeness (QED) is 0.00786. The summed E-state index contributed by atoms with van der Waals surface area (Å²) in [6.07, 6.45) is 13.7. The first-order chi connectivity index (χ1) is 67.1. The molecule has 6 unspecified atom stereocenters. The molecule has 2 aliphatic carbocycles. The number of anilines is 4. The Kier molecular flexibility index (Phi) is 39.3. The van der Waals surface area contributed by atoms with Gasteiger partial charge in [-0.15, -0.1) is 58.7 Å². The molecule has 772 valence electrons. The molecule has 0 spiro atoms. The van der Waals surface area contributed by atoms with Crippen LogP contribution in [-0.2, 0) is 49.2 Å². The normalized spacial score (nSPS) is 23.5. The first-order valence-corrected chi connectivity index (χ1v) is 59.3. The lowest BCUT2D eigenvalue weighted by Crippen LogP contribution is -2.43. The maximum Gasteiger partial charge on any atom is 0.516 e. The summed E-state index contributed by atoms with van der Waals surface area (Å²) in [5.74, 6) is 3.50. The monoisotopic (exact) mass is 2040 g/mol. The van der Waals surface area contributed by atoms with Crippen LogP contribution >= 0.6 is 27.5 Å². The highest BCUT2D eigenvalue weighted by molar-refractivity contribution is 7.73. The van der Waals surface area contributed by atoms with E-state index in [4.69, 9.17) is 72.0 Å². The Morgan fingerprint density at radius 2 is 0.838 bits per heavy atom. The Morgan fingerprint density at radius 1 is 0.486 bits per heavy atom. The van der Waals surface area contributed by atoms with E-state index in [9.17, 15) is 69.6 Å². The number of rotatable bonds is 35. The van der Waals surface area contributed by atoms with Gasteiger partial charge in [-0.25, -0.2) is 24.0 Å². The number of carbonyl (C=O) groups is 4. The number of alkyl carbamates (subject to hydrolysis) is 1. The number of unbranched alkanes of at least 4 members (excludes halogenated alkanes) is 2. The van der Waals surface area contributed by atoms with Crippen molar-refractivity contribution in [3.8, 4) is 34.1 Å². The SMILES string of the molecule is C=P(C)(C)CC[C@H]1OC(n2cc(C#CC)c(N)nc2=O)[C@H](O)[C@@H]1O.C=P(C)(C)CC[C@H]1OC(n2cc(CCO)c(N)nc2=O)[C@H](O)[C@@H]1O.C=P(C)(C)CC[C@H]1OC(n2ccc(N)nc2=NCCCCC(N)C(=O)O)[C@H](O)[C@@H]1O.C=P(C)(C)CC[C@H]1OC(n2ccc(N)nc2=NCCCCC(NC(=O)OCC2c3ccccc3-c3ccccc32)C(=O)OC(=O)OCC2c3ccccc3-c3ccccc32)[C@H](O)[C@@H]1O. The second-order valence-corrected chi connectivity index (χ2v) is 56.2. The number of benzene rings is 4. The van der Waals surface area contributed by atoms with Gasteiger partial charge in [0.15, 0.2) is 24.9 Å². The molecule has 4 fully saturated rings. The molecule has 0 radical (unpaired) electrons. The largest absolute Gasteiger partial charge is 0.516 e. The lowest BCUT2D eigenvalue weighted by atomic mass is 9.98. The molecule has 4 aliphatic heterocycles. The Morgan fingerprint density at radius 3 is 1.20 bits per heavy atom. The van der Waals surface area contributed by atoms with E-state index < -0.39 is 173 Å². The third-order valence-electron chi connectivity index (χ3n) is 25.0. The summed E-state index contributed by atoms with van der Waals surface area (Å²) in [7, 11) is 0. The fraction of sp³-hybridized carbons (Fsp3) is 0.495. The van der Waals surface area contributed by atoms with Crippen molar-refractivity contribution >= 4 is 100 Å². The molecule has 8 aromatic rings. The smallest absolute Gasteiger partial charge is 0.480 e. The number of aliphatic hydroxyl groups is 9. The highest BCUT2D eigenvalue weighted by atomic mass is 31.2. The van der Waals surface area contributed by atoms with Crippen molar-refractivity contribution in [3.05, 3.63) is 200 Å². The van der Waals surface area contributed by atoms with Gasteiger partial charge in [-0.1, -0.05) is 103 Å². The zero-order valence-corrected chi connectivity index (χ0v) is 85.2. The summed E-state index contributed by atoms with van der Waals surface area (Å²) < 4.78 is 45.5. The van der Waals surface area contributed by atoms with E-state index in [0.29, 0.717) is 75.5 Å². The Labute approximate surface area is 825 Å². The number of carbonyl (C=O) groups excluding carboxylic acids is 3. The van der Waals surface area contributed by atoms with Gasteiger partial charge < -0.3 is 118 Å². The molecule has 0 bridgehead atoms. The van der Waals surface area contributed by atoms with Crippen LogP contribution in [0.2, 0.25) is 0 Å². The van der Waals surface area contributed by atoms with Crippen molar-refractivity contribution in [2.75, 3.05) is 134 Å². The third kappa shape index (κ3) is 29.9. The van der Waals surface area contributed by atoms with Crippen molar-refractivity contribution in [3.63, 3.8) is 0 Å². The van der Waals surface area contributed by atoms with Gasteiger partial charge in [-0.3, -0.25) is 33.0 Å². The fourth-order valence-electron chi connectivity index (χ4n) is 17.3. The molecular weight excluding hydrogens is 1910 g/mol. The van der Waals surface area contributed by atoms with Crippen LogP contribution in [0.1, 0.15) is 141 Å². The van der Waals surface area contributed by atoms with Crippen LogP contribution in [0.25, 0.3) is 22.3 Å². The number of fused-ring (bicyclic) bond motifs is 6. The van der Waals surface area contributed by atoms with Crippen LogP contribution < -0.4 is 56.6 Å². The number of aliphatic hydroxyl groups excluding tert-OH is 9. The van der Waals surface area contributed by atoms with Crippen molar-refractivity contribution in [2.45, 2.75) is 200 Å². The fourth-order valence-corrected chi connectivity index (χ4v) is 21.1. The van der Waals surface area contributed by atoms with Gasteiger partial charge in [-0.05, 0) is 206 Å². The van der Waals surface area contributed by atoms with E-state index in [1.165, 1.54) is 12.4 Å². The van der Waals surface area contributed by atoms with Crippen LogP contribution in [0.3, 0.4) is 0 Å². The number of hydrogen-bond acceptors (Lipinski definition) is 33. The maximum absolute atomic E-state index is 13.7. The molecule has 6 aliphatic rings. The number of nitrogens with one attached hydrogen (secondary N) is 1. The number of esters is 1. The van der Waals surface area contributed by atoms with Crippen molar-refractivity contribution in [1.82, 2.24) is 43.5 Å². The van der Waals surface area contributed by atoms with Crippen molar-refractivity contribution in [1.29, 1.82) is 0 Å². The molecule has 4 aromatic carbocycles. The number of nitrogens with two attached hydrogens (primary N) is 5. The second-order valence-electron chi connectivity index (χ2n) is 38.9. The number of ether oxygens (including phenoxy) is 7. The van der Waals surface area contributed by atoms with Crippen LogP contribution in [-0.4, -0.2) is 335 Å². The number of hydrogen-bond donors (Lipinski definition) is 16. The molecule has 39 nitrogen and oxygen atoms in total. The number of aliphatic carboxylic acids is 1. The van der Waals surface area contributed by atoms with Crippen LogP contribution in [0.4, 0.5) is 32.9 Å². The average molecular weight is 2040 g/mol. The Bertz CT molecular complexity index is 6210. The molecule has 18 atom stereocenters. The average Bonchev–Trinajstić information content (AvgIpc) is 1.62. The van der Waals surface area contributed by atoms with E-state index in [1.54, 1.807) is 40.6 Å². The molecule has 14 rings (SSSR count). The molecule has 8 heterocycles. The number of aromatic nitrogens is 8. The highest BCUT2D eigenvalue weighted by Crippen LogP contribution is 2.48. The molecule has 4 aromatic heterocycles. The highest BCUT2D eigenvalue weighted by Gasteiger charge is 2.48. The molecule has 4 saturated heterocycles. The lowest BCUT2D eigenvalue weighted by molar-refractivity contribution is -0.142.